The number of pyridine rings is 1. The molecule has 1 aromatic carbocycles. The van der Waals surface area contributed by atoms with E-state index in [9.17, 15) is 19.5 Å². The molecule has 2 aliphatic rings. The molecular weight excluding hydrogens is 421 g/mol. The minimum absolute atomic E-state index is 0.0373. The molecule has 4 rings (SSSR count). The maximum atomic E-state index is 15.3. The quantitative estimate of drug-likeness (QED) is 0.700. The van der Waals surface area contributed by atoms with Crippen molar-refractivity contribution in [2.45, 2.75) is 32.4 Å². The van der Waals surface area contributed by atoms with Crippen LogP contribution in [0.3, 0.4) is 0 Å². The molecule has 1 aliphatic heterocycles. The van der Waals surface area contributed by atoms with Gasteiger partial charge >= 0.3 is 12.1 Å². The Morgan fingerprint density at radius 1 is 1.22 bits per heavy atom. The number of amides is 1. The Bertz CT molecular complexity index is 1120. The summed E-state index contributed by atoms with van der Waals surface area (Å²) in [4.78, 5) is 40.4. The van der Waals surface area contributed by atoms with Crippen molar-refractivity contribution in [2.24, 2.45) is 0 Å². The van der Waals surface area contributed by atoms with Gasteiger partial charge in [0, 0.05) is 49.4 Å². The number of piperazine rings is 1. The predicted octanol–water partition coefficient (Wildman–Crippen LogP) is 2.03. The van der Waals surface area contributed by atoms with Crippen molar-refractivity contribution < 1.29 is 28.6 Å². The fourth-order valence-electron chi connectivity index (χ4n) is 4.27. The summed E-state index contributed by atoms with van der Waals surface area (Å²) in [6.45, 7) is 2.92. The van der Waals surface area contributed by atoms with Gasteiger partial charge in [-0.3, -0.25) is 4.79 Å². The third kappa shape index (κ3) is 3.79. The summed E-state index contributed by atoms with van der Waals surface area (Å²) < 4.78 is 26.9. The number of halogens is 1. The molecule has 2 aromatic rings. The van der Waals surface area contributed by atoms with Crippen LogP contribution in [0.2, 0.25) is 0 Å². The van der Waals surface area contributed by atoms with Crippen LogP contribution in [0.5, 0.6) is 0 Å². The van der Waals surface area contributed by atoms with E-state index in [4.69, 9.17) is 9.47 Å². The fourth-order valence-corrected chi connectivity index (χ4v) is 4.27. The van der Waals surface area contributed by atoms with Gasteiger partial charge in [-0.05, 0) is 25.8 Å². The topological polar surface area (TPSA) is 101 Å². The van der Waals surface area contributed by atoms with E-state index in [0.29, 0.717) is 37.3 Å². The van der Waals surface area contributed by atoms with Gasteiger partial charge in [0.05, 0.1) is 31.5 Å². The molecule has 0 radical (unpaired) electrons. The van der Waals surface area contributed by atoms with Crippen LogP contribution in [-0.4, -0.2) is 66.5 Å². The number of fused-ring (bicyclic) bond motifs is 1. The van der Waals surface area contributed by atoms with Gasteiger partial charge in [-0.25, -0.2) is 14.0 Å². The Balaban J connectivity index is 1.81. The van der Waals surface area contributed by atoms with E-state index in [1.807, 2.05) is 0 Å². The van der Waals surface area contributed by atoms with Crippen LogP contribution in [0.15, 0.2) is 17.1 Å². The molecular formula is C22H26FN3O6. The first kappa shape index (κ1) is 22.1. The highest BCUT2D eigenvalue weighted by molar-refractivity contribution is 5.96. The zero-order chi connectivity index (χ0) is 23.0. The second kappa shape index (κ2) is 8.78. The standard InChI is InChI=1S/C22H26FN3O6/c1-3-32-22(30)25-8-6-24(7-9-25)19-16(12-27)18-14(10-17(19)23)20(28)15(21(29)31-2)11-26(18)13-4-5-13/h10-11,13,27H,3-9,12H2,1-2H3. The summed E-state index contributed by atoms with van der Waals surface area (Å²) in [5, 5.41) is 10.3. The smallest absolute Gasteiger partial charge is 0.409 e. The molecule has 1 aromatic heterocycles. The first-order valence-corrected chi connectivity index (χ1v) is 10.7. The Hall–Kier alpha value is -3.14. The Kier molecular flexibility index (Phi) is 6.05. The van der Waals surface area contributed by atoms with E-state index in [1.54, 1.807) is 21.3 Å². The zero-order valence-corrected chi connectivity index (χ0v) is 18.1. The van der Waals surface area contributed by atoms with Gasteiger partial charge in [0.1, 0.15) is 11.4 Å². The summed E-state index contributed by atoms with van der Waals surface area (Å²) >= 11 is 0. The van der Waals surface area contributed by atoms with Crippen LogP contribution in [0.25, 0.3) is 10.9 Å². The van der Waals surface area contributed by atoms with Crippen molar-refractivity contribution >= 4 is 28.7 Å². The number of methoxy groups -OCH3 is 1. The van der Waals surface area contributed by atoms with Crippen molar-refractivity contribution in [3.05, 3.63) is 39.4 Å². The number of rotatable bonds is 5. The van der Waals surface area contributed by atoms with Crippen LogP contribution in [0.1, 0.15) is 41.7 Å². The minimum atomic E-state index is -0.781. The summed E-state index contributed by atoms with van der Waals surface area (Å²) in [6.07, 6.45) is 2.75. The largest absolute Gasteiger partial charge is 0.465 e. The molecule has 2 fully saturated rings. The third-order valence-electron chi connectivity index (χ3n) is 5.97. The number of aliphatic hydroxyl groups is 1. The van der Waals surface area contributed by atoms with E-state index < -0.39 is 29.9 Å². The molecule has 0 spiro atoms. The molecule has 32 heavy (non-hydrogen) atoms. The number of carbonyl (C=O) groups excluding carboxylic acids is 2. The molecule has 1 saturated heterocycles. The lowest BCUT2D eigenvalue weighted by Crippen LogP contribution is -2.49. The van der Waals surface area contributed by atoms with E-state index in [2.05, 4.69) is 0 Å². The van der Waals surface area contributed by atoms with Crippen LogP contribution in [-0.2, 0) is 16.1 Å². The molecule has 10 heteroatoms. The number of anilines is 1. The number of hydrogen-bond donors (Lipinski definition) is 1. The summed E-state index contributed by atoms with van der Waals surface area (Å²) in [5.41, 5.74) is 0.145. The molecule has 0 unspecified atom stereocenters. The highest BCUT2D eigenvalue weighted by Crippen LogP contribution is 2.40. The molecule has 1 N–H and O–H groups in total. The highest BCUT2D eigenvalue weighted by atomic mass is 19.1. The van der Waals surface area contributed by atoms with Gasteiger partial charge < -0.3 is 28.9 Å². The molecule has 1 aliphatic carbocycles. The fraction of sp³-hybridized carbons (Fsp3) is 0.500. The van der Waals surface area contributed by atoms with Crippen molar-refractivity contribution in [3.8, 4) is 0 Å². The average molecular weight is 447 g/mol. The van der Waals surface area contributed by atoms with Gasteiger partial charge in [-0.2, -0.15) is 0 Å². The van der Waals surface area contributed by atoms with Crippen LogP contribution in [0, 0.1) is 5.82 Å². The highest BCUT2D eigenvalue weighted by Gasteiger charge is 2.32. The second-order valence-electron chi connectivity index (χ2n) is 7.91. The maximum Gasteiger partial charge on any atom is 0.409 e. The number of esters is 1. The number of hydrogen-bond acceptors (Lipinski definition) is 7. The van der Waals surface area contributed by atoms with Gasteiger partial charge in [-0.1, -0.05) is 0 Å². The Morgan fingerprint density at radius 3 is 2.47 bits per heavy atom. The molecule has 1 amide bonds. The molecule has 9 nitrogen and oxygen atoms in total. The van der Waals surface area contributed by atoms with Gasteiger partial charge in [0.25, 0.3) is 0 Å². The third-order valence-corrected chi connectivity index (χ3v) is 5.97. The number of nitrogens with zero attached hydrogens (tertiary/aromatic N) is 3. The molecule has 0 atom stereocenters. The van der Waals surface area contributed by atoms with E-state index >= 15 is 4.39 Å². The number of benzene rings is 1. The lowest BCUT2D eigenvalue weighted by atomic mass is 10.0. The minimum Gasteiger partial charge on any atom is -0.465 e. The number of aromatic nitrogens is 1. The average Bonchev–Trinajstić information content (AvgIpc) is 3.64. The summed E-state index contributed by atoms with van der Waals surface area (Å²) in [5.74, 6) is -1.44. The SMILES string of the molecule is CCOC(=O)N1CCN(c2c(F)cc3c(=O)c(C(=O)OC)cn(C4CC4)c3c2CO)CC1. The first-order chi connectivity index (χ1) is 15.4. The van der Waals surface area contributed by atoms with Crippen molar-refractivity contribution in [1.82, 2.24) is 9.47 Å². The van der Waals surface area contributed by atoms with E-state index in [1.165, 1.54) is 13.3 Å². The van der Waals surface area contributed by atoms with Crippen molar-refractivity contribution in [3.63, 3.8) is 0 Å². The number of carbonyl (C=O) groups is 2. The molecule has 172 valence electrons. The Morgan fingerprint density at radius 2 is 1.91 bits per heavy atom. The second-order valence-corrected chi connectivity index (χ2v) is 7.91. The lowest BCUT2D eigenvalue weighted by Gasteiger charge is -2.36. The van der Waals surface area contributed by atoms with Crippen LogP contribution >= 0.6 is 0 Å². The van der Waals surface area contributed by atoms with Crippen molar-refractivity contribution in [2.75, 3.05) is 44.8 Å². The van der Waals surface area contributed by atoms with Gasteiger partial charge in [-0.15, -0.1) is 0 Å². The molecule has 2 heterocycles. The lowest BCUT2D eigenvalue weighted by molar-refractivity contribution is 0.0598. The normalized spacial score (nSPS) is 16.4. The monoisotopic (exact) mass is 447 g/mol. The molecule has 0 bridgehead atoms. The van der Waals surface area contributed by atoms with E-state index in [0.717, 1.165) is 18.9 Å². The van der Waals surface area contributed by atoms with Crippen LogP contribution < -0.4 is 10.3 Å². The molecule has 1 saturated carbocycles. The van der Waals surface area contributed by atoms with Gasteiger partial charge in [0.2, 0.25) is 5.43 Å². The summed E-state index contributed by atoms with van der Waals surface area (Å²) in [7, 11) is 1.19. The number of aliphatic hydroxyl groups excluding tert-OH is 1. The first-order valence-electron chi connectivity index (χ1n) is 10.7. The van der Waals surface area contributed by atoms with Gasteiger partial charge in [0.15, 0.2) is 0 Å². The number of ether oxygens (including phenoxy) is 2. The summed E-state index contributed by atoms with van der Waals surface area (Å²) in [6, 6.07) is 1.20. The van der Waals surface area contributed by atoms with Crippen molar-refractivity contribution in [1.29, 1.82) is 0 Å². The van der Waals surface area contributed by atoms with Crippen LogP contribution in [0.4, 0.5) is 14.9 Å². The maximum absolute atomic E-state index is 15.3. The van der Waals surface area contributed by atoms with E-state index in [-0.39, 0.29) is 29.3 Å². The Labute approximate surface area is 183 Å². The predicted molar refractivity (Wildman–Crippen MR) is 115 cm³/mol. The zero-order valence-electron chi connectivity index (χ0n) is 18.1.